The third kappa shape index (κ3) is 3.75. The van der Waals surface area contributed by atoms with Crippen LogP contribution in [0.5, 0.6) is 0 Å². The van der Waals surface area contributed by atoms with Crippen LogP contribution in [0.4, 0.5) is 0 Å². The molecule has 1 aromatic carbocycles. The number of amides is 1. The molecule has 0 unspecified atom stereocenters. The molecule has 0 aliphatic heterocycles. The molecule has 2 aromatic rings. The molecule has 1 aromatic heterocycles. The van der Waals surface area contributed by atoms with Crippen molar-refractivity contribution < 1.29 is 4.79 Å². The van der Waals surface area contributed by atoms with E-state index < -0.39 is 0 Å². The van der Waals surface area contributed by atoms with Crippen LogP contribution in [0.25, 0.3) is 5.69 Å². The van der Waals surface area contributed by atoms with Gasteiger partial charge in [0.2, 0.25) is 5.91 Å². The zero-order valence-corrected chi connectivity index (χ0v) is 13.9. The summed E-state index contributed by atoms with van der Waals surface area (Å²) in [7, 11) is 0. The number of carbonyl (C=O) groups excluding carboxylic acids is 1. The quantitative estimate of drug-likeness (QED) is 0.883. The maximum Gasteiger partial charge on any atom is 0.217 e. The summed E-state index contributed by atoms with van der Waals surface area (Å²) >= 11 is 0. The van der Waals surface area contributed by atoms with Crippen LogP contribution < -0.4 is 5.32 Å². The summed E-state index contributed by atoms with van der Waals surface area (Å²) in [6.45, 7) is 8.52. The van der Waals surface area contributed by atoms with Crippen LogP contribution in [0.1, 0.15) is 56.4 Å². The number of hydrogen-bond acceptors (Lipinski definition) is 2. The Labute approximate surface area is 132 Å². The van der Waals surface area contributed by atoms with Crippen LogP contribution in [0.15, 0.2) is 30.5 Å². The molecule has 118 valence electrons. The number of benzene rings is 1. The number of aromatic nitrogens is 2. The number of rotatable bonds is 6. The molecule has 0 spiro atoms. The van der Waals surface area contributed by atoms with E-state index in [1.54, 1.807) is 0 Å². The van der Waals surface area contributed by atoms with Gasteiger partial charge >= 0.3 is 0 Å². The molecule has 0 radical (unpaired) electrons. The Balaban J connectivity index is 2.43. The molecule has 1 N–H and O–H groups in total. The van der Waals surface area contributed by atoms with Gasteiger partial charge in [0.1, 0.15) is 0 Å². The number of nitrogens with zero attached hydrogens (tertiary/aromatic N) is 2. The van der Waals surface area contributed by atoms with E-state index in [2.05, 4.69) is 42.5 Å². The molecule has 2 rings (SSSR count). The fourth-order valence-corrected chi connectivity index (χ4v) is 2.75. The predicted octanol–water partition coefficient (Wildman–Crippen LogP) is 3.72. The lowest BCUT2D eigenvalue weighted by Gasteiger charge is -2.19. The van der Waals surface area contributed by atoms with E-state index in [1.807, 2.05) is 23.9 Å². The molecular weight excluding hydrogens is 274 g/mol. The Morgan fingerprint density at radius 3 is 2.55 bits per heavy atom. The van der Waals surface area contributed by atoms with Crippen molar-refractivity contribution in [1.29, 1.82) is 0 Å². The van der Waals surface area contributed by atoms with Gasteiger partial charge in [-0.25, -0.2) is 4.68 Å². The number of hydrogen-bond donors (Lipinski definition) is 1. The standard InChI is InChI=1S/C18H25N3O/c1-5-16(6-2)17-8-7-15(12-19-14(4)22)11-18(17)21-10-9-13(3)20-21/h7-11,16H,5-6,12H2,1-4H3,(H,19,22). The number of aryl methyl sites for hydroxylation is 1. The Kier molecular flexibility index (Phi) is 5.36. The second-order valence-electron chi connectivity index (χ2n) is 5.72. The predicted molar refractivity (Wildman–Crippen MR) is 89.1 cm³/mol. The van der Waals surface area contributed by atoms with E-state index in [0.29, 0.717) is 12.5 Å². The average molecular weight is 299 g/mol. The first-order valence-electron chi connectivity index (χ1n) is 7.95. The summed E-state index contributed by atoms with van der Waals surface area (Å²) in [6, 6.07) is 8.43. The lowest BCUT2D eigenvalue weighted by Crippen LogP contribution is -2.19. The average Bonchev–Trinajstić information content (AvgIpc) is 2.93. The highest BCUT2D eigenvalue weighted by Crippen LogP contribution is 2.29. The Morgan fingerprint density at radius 1 is 1.27 bits per heavy atom. The van der Waals surface area contributed by atoms with Gasteiger partial charge in [-0.15, -0.1) is 0 Å². The van der Waals surface area contributed by atoms with E-state index in [9.17, 15) is 4.79 Å². The Hall–Kier alpha value is -2.10. The minimum atomic E-state index is -0.0134. The van der Waals surface area contributed by atoms with E-state index in [1.165, 1.54) is 12.5 Å². The summed E-state index contributed by atoms with van der Waals surface area (Å²) < 4.78 is 1.94. The largest absolute Gasteiger partial charge is 0.352 e. The van der Waals surface area contributed by atoms with Crippen molar-refractivity contribution in [2.75, 3.05) is 0 Å². The summed E-state index contributed by atoms with van der Waals surface area (Å²) in [5.74, 6) is 0.509. The van der Waals surface area contributed by atoms with Crippen LogP contribution >= 0.6 is 0 Å². The van der Waals surface area contributed by atoms with Crippen molar-refractivity contribution >= 4 is 5.91 Å². The van der Waals surface area contributed by atoms with Gasteiger partial charge in [-0.3, -0.25) is 4.79 Å². The van der Waals surface area contributed by atoms with Crippen LogP contribution in [-0.2, 0) is 11.3 Å². The molecule has 0 saturated carbocycles. The van der Waals surface area contributed by atoms with Gasteiger partial charge in [-0.05, 0) is 48.9 Å². The third-order valence-electron chi connectivity index (χ3n) is 4.03. The maximum atomic E-state index is 11.1. The third-order valence-corrected chi connectivity index (χ3v) is 4.03. The van der Waals surface area contributed by atoms with E-state index >= 15 is 0 Å². The molecular formula is C18H25N3O. The van der Waals surface area contributed by atoms with E-state index in [0.717, 1.165) is 29.8 Å². The first-order valence-corrected chi connectivity index (χ1v) is 7.95. The van der Waals surface area contributed by atoms with Gasteiger partial charge in [0.15, 0.2) is 0 Å². The van der Waals surface area contributed by atoms with E-state index in [4.69, 9.17) is 0 Å². The van der Waals surface area contributed by atoms with Crippen molar-refractivity contribution in [2.45, 2.75) is 53.0 Å². The Morgan fingerprint density at radius 2 is 2.00 bits per heavy atom. The smallest absolute Gasteiger partial charge is 0.217 e. The minimum Gasteiger partial charge on any atom is -0.352 e. The van der Waals surface area contributed by atoms with Crippen molar-refractivity contribution in [1.82, 2.24) is 15.1 Å². The van der Waals surface area contributed by atoms with E-state index in [-0.39, 0.29) is 5.91 Å². The van der Waals surface area contributed by atoms with Crippen LogP contribution in [0, 0.1) is 6.92 Å². The Bertz CT molecular complexity index is 642. The van der Waals surface area contributed by atoms with Gasteiger partial charge in [0.25, 0.3) is 0 Å². The summed E-state index contributed by atoms with van der Waals surface area (Å²) in [5.41, 5.74) is 4.53. The molecule has 0 saturated heterocycles. The van der Waals surface area contributed by atoms with Gasteiger partial charge in [0.05, 0.1) is 11.4 Å². The van der Waals surface area contributed by atoms with Crippen LogP contribution in [0.2, 0.25) is 0 Å². The highest BCUT2D eigenvalue weighted by molar-refractivity contribution is 5.72. The lowest BCUT2D eigenvalue weighted by atomic mass is 9.91. The SMILES string of the molecule is CCC(CC)c1ccc(CNC(C)=O)cc1-n1ccc(C)n1. The van der Waals surface area contributed by atoms with Gasteiger partial charge < -0.3 is 5.32 Å². The molecule has 0 aliphatic rings. The van der Waals surface area contributed by atoms with Gasteiger partial charge in [0, 0.05) is 19.7 Å². The minimum absolute atomic E-state index is 0.0134. The highest BCUT2D eigenvalue weighted by atomic mass is 16.1. The summed E-state index contributed by atoms with van der Waals surface area (Å²) in [6.07, 6.45) is 4.21. The fraction of sp³-hybridized carbons (Fsp3) is 0.444. The fourth-order valence-electron chi connectivity index (χ4n) is 2.75. The van der Waals surface area contributed by atoms with Crippen molar-refractivity contribution in [3.05, 3.63) is 47.3 Å². The molecule has 0 fully saturated rings. The van der Waals surface area contributed by atoms with Gasteiger partial charge in [-0.1, -0.05) is 26.0 Å². The number of carbonyl (C=O) groups is 1. The molecule has 0 bridgehead atoms. The maximum absolute atomic E-state index is 11.1. The lowest BCUT2D eigenvalue weighted by molar-refractivity contribution is -0.119. The highest BCUT2D eigenvalue weighted by Gasteiger charge is 2.14. The first-order chi connectivity index (χ1) is 10.5. The second-order valence-corrected chi connectivity index (χ2v) is 5.72. The molecule has 1 heterocycles. The van der Waals surface area contributed by atoms with Crippen molar-refractivity contribution in [2.24, 2.45) is 0 Å². The summed E-state index contributed by atoms with van der Waals surface area (Å²) in [4.78, 5) is 11.1. The normalized spacial score (nSPS) is 11.0. The molecule has 0 aliphatic carbocycles. The topological polar surface area (TPSA) is 46.9 Å². The monoisotopic (exact) mass is 299 g/mol. The molecule has 22 heavy (non-hydrogen) atoms. The van der Waals surface area contributed by atoms with Crippen molar-refractivity contribution in [3.63, 3.8) is 0 Å². The molecule has 0 atom stereocenters. The molecule has 4 heteroatoms. The molecule has 1 amide bonds. The molecule has 4 nitrogen and oxygen atoms in total. The number of nitrogens with one attached hydrogen (secondary N) is 1. The van der Waals surface area contributed by atoms with Crippen LogP contribution in [-0.4, -0.2) is 15.7 Å². The zero-order valence-electron chi connectivity index (χ0n) is 13.9. The zero-order chi connectivity index (χ0) is 16.1. The first kappa shape index (κ1) is 16.3. The van der Waals surface area contributed by atoms with Crippen LogP contribution in [0.3, 0.4) is 0 Å². The second kappa shape index (κ2) is 7.25. The summed E-state index contributed by atoms with van der Waals surface area (Å²) in [5, 5.41) is 7.41. The van der Waals surface area contributed by atoms with Gasteiger partial charge in [-0.2, -0.15) is 5.10 Å². The van der Waals surface area contributed by atoms with Crippen molar-refractivity contribution in [3.8, 4) is 5.69 Å².